The molecule has 1 rings (SSSR count). The molecule has 0 spiro atoms. The van der Waals surface area contributed by atoms with Crippen molar-refractivity contribution in [3.05, 3.63) is 10.8 Å². The number of aromatic nitrogens is 2. The molecule has 4 nitrogen and oxygen atoms in total. The summed E-state index contributed by atoms with van der Waals surface area (Å²) >= 11 is 4.85. The smallest absolute Gasteiger partial charge is 0.142 e. The second-order valence-corrected chi connectivity index (χ2v) is 4.18. The van der Waals surface area contributed by atoms with Crippen molar-refractivity contribution in [2.24, 2.45) is 0 Å². The molecular weight excluding hydrogens is 254 g/mol. The summed E-state index contributed by atoms with van der Waals surface area (Å²) < 4.78 is 0.734. The van der Waals surface area contributed by atoms with Crippen LogP contribution in [-0.2, 0) is 0 Å². The van der Waals surface area contributed by atoms with E-state index < -0.39 is 0 Å². The molecule has 1 heterocycles. The molecule has 0 aliphatic carbocycles. The van der Waals surface area contributed by atoms with E-state index >= 15 is 0 Å². The summed E-state index contributed by atoms with van der Waals surface area (Å²) in [5.74, 6) is 1.27. The highest BCUT2D eigenvalue weighted by molar-refractivity contribution is 9.10. The molecule has 0 aliphatic rings. The number of anilines is 1. The van der Waals surface area contributed by atoms with Gasteiger partial charge in [-0.25, -0.2) is 9.97 Å². The molecule has 6 heteroatoms. The monoisotopic (exact) mass is 263 g/mol. The number of thioether (sulfide) groups is 1. The van der Waals surface area contributed by atoms with Crippen molar-refractivity contribution in [3.8, 4) is 0 Å². The van der Waals surface area contributed by atoms with Crippen LogP contribution in [0.3, 0.4) is 0 Å². The fraction of sp³-hybridized carbons (Fsp3) is 0.429. The van der Waals surface area contributed by atoms with E-state index in [2.05, 4.69) is 25.9 Å². The lowest BCUT2D eigenvalue weighted by Gasteiger charge is -2.03. The van der Waals surface area contributed by atoms with Crippen molar-refractivity contribution in [1.29, 1.82) is 0 Å². The average Bonchev–Trinajstić information content (AvgIpc) is 2.13. The summed E-state index contributed by atoms with van der Waals surface area (Å²) in [6.45, 7) is 0.200. The van der Waals surface area contributed by atoms with E-state index in [0.717, 1.165) is 21.7 Å². The van der Waals surface area contributed by atoms with Crippen LogP contribution in [-0.4, -0.2) is 27.4 Å². The predicted molar refractivity (Wildman–Crippen MR) is 56.6 cm³/mol. The van der Waals surface area contributed by atoms with Gasteiger partial charge in [0.2, 0.25) is 0 Å². The van der Waals surface area contributed by atoms with Gasteiger partial charge >= 0.3 is 0 Å². The van der Waals surface area contributed by atoms with Gasteiger partial charge in [0.1, 0.15) is 17.2 Å². The summed E-state index contributed by atoms with van der Waals surface area (Å²) in [6, 6.07) is 0. The molecule has 0 saturated carbocycles. The molecule has 72 valence electrons. The molecule has 0 bridgehead atoms. The Morgan fingerprint density at radius 1 is 1.54 bits per heavy atom. The highest BCUT2D eigenvalue weighted by Crippen LogP contribution is 2.28. The lowest BCUT2D eigenvalue weighted by molar-refractivity contribution is 0.296. The fourth-order valence-corrected chi connectivity index (χ4v) is 2.07. The molecule has 0 amide bonds. The molecule has 1 aromatic rings. The Bertz CT molecular complexity index is 284. The van der Waals surface area contributed by atoms with E-state index in [1.54, 1.807) is 11.8 Å². The Hall–Kier alpha value is -0.330. The van der Waals surface area contributed by atoms with Crippen molar-refractivity contribution in [2.45, 2.75) is 11.4 Å². The van der Waals surface area contributed by atoms with Gasteiger partial charge in [0.05, 0.1) is 4.47 Å². The van der Waals surface area contributed by atoms with Crippen LogP contribution in [0.4, 0.5) is 5.82 Å². The summed E-state index contributed by atoms with van der Waals surface area (Å²) in [5, 5.41) is 9.41. The maximum atomic E-state index is 8.59. The second kappa shape index (κ2) is 5.41. The largest absolute Gasteiger partial charge is 0.396 e. The lowest BCUT2D eigenvalue weighted by Crippen LogP contribution is -1.95. The molecule has 0 atom stereocenters. The van der Waals surface area contributed by atoms with Crippen molar-refractivity contribution in [1.82, 2.24) is 9.97 Å². The predicted octanol–water partition coefficient (Wildman–Crippen LogP) is 1.30. The second-order valence-electron chi connectivity index (χ2n) is 2.30. The van der Waals surface area contributed by atoms with Gasteiger partial charge in [-0.1, -0.05) is 0 Å². The minimum absolute atomic E-state index is 0.200. The van der Waals surface area contributed by atoms with Crippen molar-refractivity contribution in [2.75, 3.05) is 18.1 Å². The molecule has 0 saturated heterocycles. The molecule has 0 aromatic carbocycles. The fourth-order valence-electron chi connectivity index (χ4n) is 0.700. The zero-order valence-electron chi connectivity index (χ0n) is 6.90. The van der Waals surface area contributed by atoms with Crippen LogP contribution in [0, 0.1) is 0 Å². The normalized spacial score (nSPS) is 10.3. The van der Waals surface area contributed by atoms with E-state index in [-0.39, 0.29) is 6.61 Å². The third-order valence-corrected chi connectivity index (χ3v) is 3.45. The zero-order chi connectivity index (χ0) is 9.68. The number of hydrogen-bond donors (Lipinski definition) is 2. The number of nitrogen functional groups attached to an aromatic ring is 1. The maximum Gasteiger partial charge on any atom is 0.142 e. The Morgan fingerprint density at radius 3 is 3.00 bits per heavy atom. The molecule has 0 unspecified atom stereocenters. The third kappa shape index (κ3) is 3.13. The molecule has 3 N–H and O–H groups in total. The molecular formula is C7H10BrN3OS. The topological polar surface area (TPSA) is 72.0 Å². The number of nitrogens with two attached hydrogens (primary N) is 1. The van der Waals surface area contributed by atoms with Gasteiger partial charge in [-0.3, -0.25) is 0 Å². The third-order valence-electron chi connectivity index (χ3n) is 1.33. The quantitative estimate of drug-likeness (QED) is 0.487. The van der Waals surface area contributed by atoms with Crippen LogP contribution in [0.1, 0.15) is 6.42 Å². The average molecular weight is 264 g/mol. The van der Waals surface area contributed by atoms with Crippen molar-refractivity contribution >= 4 is 33.5 Å². The van der Waals surface area contributed by atoms with Crippen molar-refractivity contribution < 1.29 is 5.11 Å². The summed E-state index contributed by atoms with van der Waals surface area (Å²) in [4.78, 5) is 7.88. The molecule has 1 aromatic heterocycles. The molecule has 0 fully saturated rings. The van der Waals surface area contributed by atoms with Gasteiger partial charge in [-0.05, 0) is 22.4 Å². The van der Waals surface area contributed by atoms with Crippen molar-refractivity contribution in [3.63, 3.8) is 0 Å². The van der Waals surface area contributed by atoms with Gasteiger partial charge in [-0.2, -0.15) is 0 Å². The highest BCUT2D eigenvalue weighted by atomic mass is 79.9. The number of nitrogens with zero attached hydrogens (tertiary/aromatic N) is 2. The minimum Gasteiger partial charge on any atom is -0.396 e. The summed E-state index contributed by atoms with van der Waals surface area (Å²) in [6.07, 6.45) is 2.18. The van der Waals surface area contributed by atoms with E-state index in [4.69, 9.17) is 10.8 Å². The van der Waals surface area contributed by atoms with Crippen LogP contribution in [0.25, 0.3) is 0 Å². The van der Waals surface area contributed by atoms with E-state index in [0.29, 0.717) is 5.82 Å². The Balaban J connectivity index is 2.61. The van der Waals surface area contributed by atoms with Gasteiger partial charge in [0, 0.05) is 12.4 Å². The highest BCUT2D eigenvalue weighted by Gasteiger charge is 2.05. The van der Waals surface area contributed by atoms with E-state index in [1.807, 2.05) is 0 Å². The first kappa shape index (κ1) is 10.7. The van der Waals surface area contributed by atoms with Crippen LogP contribution < -0.4 is 5.73 Å². The van der Waals surface area contributed by atoms with E-state index in [1.165, 1.54) is 6.33 Å². The first-order chi connectivity index (χ1) is 6.25. The first-order valence-electron chi connectivity index (χ1n) is 3.75. The Kier molecular flexibility index (Phi) is 4.47. The molecule has 0 aliphatic heterocycles. The van der Waals surface area contributed by atoms with Crippen LogP contribution >= 0.6 is 27.7 Å². The summed E-state index contributed by atoms with van der Waals surface area (Å²) in [7, 11) is 0. The van der Waals surface area contributed by atoms with Gasteiger partial charge in [0.15, 0.2) is 0 Å². The number of aliphatic hydroxyl groups excluding tert-OH is 1. The number of rotatable bonds is 4. The van der Waals surface area contributed by atoms with Gasteiger partial charge in [0.25, 0.3) is 0 Å². The van der Waals surface area contributed by atoms with Gasteiger partial charge in [-0.15, -0.1) is 11.8 Å². The SMILES string of the molecule is Nc1ncnc(SCCCO)c1Br. The molecule has 13 heavy (non-hydrogen) atoms. The standard InChI is InChI=1S/C7H10BrN3OS/c8-5-6(9)10-4-11-7(5)13-3-1-2-12/h4,12H,1-3H2,(H2,9,10,11). The first-order valence-corrected chi connectivity index (χ1v) is 5.53. The Morgan fingerprint density at radius 2 is 2.31 bits per heavy atom. The zero-order valence-corrected chi connectivity index (χ0v) is 9.31. The van der Waals surface area contributed by atoms with Crippen LogP contribution in [0.2, 0.25) is 0 Å². The van der Waals surface area contributed by atoms with Gasteiger partial charge < -0.3 is 10.8 Å². The maximum absolute atomic E-state index is 8.59. The lowest BCUT2D eigenvalue weighted by atomic mass is 10.5. The summed E-state index contributed by atoms with van der Waals surface area (Å²) in [5.41, 5.74) is 5.56. The van der Waals surface area contributed by atoms with E-state index in [9.17, 15) is 0 Å². The number of hydrogen-bond acceptors (Lipinski definition) is 5. The minimum atomic E-state index is 0.200. The number of halogens is 1. The molecule has 0 radical (unpaired) electrons. The van der Waals surface area contributed by atoms with Crippen LogP contribution in [0.5, 0.6) is 0 Å². The van der Waals surface area contributed by atoms with Crippen LogP contribution in [0.15, 0.2) is 15.8 Å². The number of aliphatic hydroxyl groups is 1. The Labute approximate surface area is 89.1 Å².